The lowest BCUT2D eigenvalue weighted by molar-refractivity contribution is -0.130. The number of carbonyl (C=O) groups excluding carboxylic acids is 1. The fourth-order valence-corrected chi connectivity index (χ4v) is 2.39. The summed E-state index contributed by atoms with van der Waals surface area (Å²) in [5.41, 5.74) is 6.73. The number of rotatable bonds is 7. The van der Waals surface area contributed by atoms with Crippen LogP contribution in [0.1, 0.15) is 11.1 Å². The molecule has 24 heavy (non-hydrogen) atoms. The van der Waals surface area contributed by atoms with Crippen molar-refractivity contribution in [2.75, 3.05) is 19.6 Å². The lowest BCUT2D eigenvalue weighted by Crippen LogP contribution is -2.38. The van der Waals surface area contributed by atoms with Crippen LogP contribution in [0.2, 0.25) is 0 Å². The molecule has 0 saturated carbocycles. The van der Waals surface area contributed by atoms with Gasteiger partial charge in [0.05, 0.1) is 6.42 Å². The molecule has 0 fully saturated rings. The standard InChI is InChI=1S/C18H20F2N2O.ClH/c19-16-8-4-7-15(18(16)20)13-17(23)22(12-10-21)11-9-14-5-2-1-3-6-14;/h1-8H,9-13,21H2;1H. The lowest BCUT2D eigenvalue weighted by atomic mass is 10.1. The van der Waals surface area contributed by atoms with E-state index in [2.05, 4.69) is 0 Å². The molecular weight excluding hydrogens is 334 g/mol. The molecule has 2 aromatic carbocycles. The molecule has 0 atom stereocenters. The van der Waals surface area contributed by atoms with Gasteiger partial charge in [-0.1, -0.05) is 42.5 Å². The molecule has 0 aliphatic carbocycles. The molecule has 0 spiro atoms. The van der Waals surface area contributed by atoms with Crippen molar-refractivity contribution < 1.29 is 13.6 Å². The number of hydrogen-bond acceptors (Lipinski definition) is 2. The van der Waals surface area contributed by atoms with Crippen molar-refractivity contribution in [3.8, 4) is 0 Å². The van der Waals surface area contributed by atoms with E-state index in [4.69, 9.17) is 5.73 Å². The molecule has 0 radical (unpaired) electrons. The van der Waals surface area contributed by atoms with E-state index < -0.39 is 11.6 Å². The Labute approximate surface area is 146 Å². The second-order valence-corrected chi connectivity index (χ2v) is 5.29. The maximum absolute atomic E-state index is 13.7. The molecule has 2 aromatic rings. The fourth-order valence-electron chi connectivity index (χ4n) is 2.39. The molecule has 0 aliphatic rings. The van der Waals surface area contributed by atoms with Crippen LogP contribution in [-0.2, 0) is 17.6 Å². The van der Waals surface area contributed by atoms with Crippen molar-refractivity contribution in [2.24, 2.45) is 5.73 Å². The maximum Gasteiger partial charge on any atom is 0.227 e. The van der Waals surface area contributed by atoms with Crippen molar-refractivity contribution in [2.45, 2.75) is 12.8 Å². The summed E-state index contributed by atoms with van der Waals surface area (Å²) in [6, 6.07) is 13.6. The highest BCUT2D eigenvalue weighted by molar-refractivity contribution is 5.85. The van der Waals surface area contributed by atoms with Crippen molar-refractivity contribution in [1.82, 2.24) is 4.90 Å². The average molecular weight is 355 g/mol. The first-order valence-corrected chi connectivity index (χ1v) is 7.56. The zero-order chi connectivity index (χ0) is 16.7. The minimum atomic E-state index is -0.961. The Morgan fingerprint density at radius 1 is 1.00 bits per heavy atom. The first kappa shape index (κ1) is 20.1. The lowest BCUT2D eigenvalue weighted by Gasteiger charge is -2.22. The first-order valence-electron chi connectivity index (χ1n) is 7.56. The van der Waals surface area contributed by atoms with E-state index in [-0.39, 0.29) is 30.3 Å². The zero-order valence-corrected chi connectivity index (χ0v) is 14.1. The van der Waals surface area contributed by atoms with Gasteiger partial charge in [-0.25, -0.2) is 8.78 Å². The van der Waals surface area contributed by atoms with Gasteiger partial charge in [0.15, 0.2) is 11.6 Å². The highest BCUT2D eigenvalue weighted by atomic mass is 35.5. The van der Waals surface area contributed by atoms with E-state index >= 15 is 0 Å². The van der Waals surface area contributed by atoms with Crippen molar-refractivity contribution in [1.29, 1.82) is 0 Å². The van der Waals surface area contributed by atoms with Crippen LogP contribution in [0.5, 0.6) is 0 Å². The summed E-state index contributed by atoms with van der Waals surface area (Å²) in [6.07, 6.45) is 0.524. The number of carbonyl (C=O) groups is 1. The van der Waals surface area contributed by atoms with Gasteiger partial charge in [0.25, 0.3) is 0 Å². The topological polar surface area (TPSA) is 46.3 Å². The van der Waals surface area contributed by atoms with Crippen LogP contribution in [0.3, 0.4) is 0 Å². The Kier molecular flexibility index (Phi) is 8.36. The summed E-state index contributed by atoms with van der Waals surface area (Å²) in [5, 5.41) is 0. The van der Waals surface area contributed by atoms with Gasteiger partial charge < -0.3 is 10.6 Å². The van der Waals surface area contributed by atoms with Crippen LogP contribution in [-0.4, -0.2) is 30.4 Å². The third kappa shape index (κ3) is 5.58. The fraction of sp³-hybridized carbons (Fsp3) is 0.278. The molecule has 0 aliphatic heterocycles. The second kappa shape index (κ2) is 10.0. The number of nitrogens with zero attached hydrogens (tertiary/aromatic N) is 1. The van der Waals surface area contributed by atoms with Crippen molar-refractivity contribution in [3.05, 3.63) is 71.3 Å². The van der Waals surface area contributed by atoms with Gasteiger partial charge in [-0.05, 0) is 18.1 Å². The monoisotopic (exact) mass is 354 g/mol. The van der Waals surface area contributed by atoms with Gasteiger partial charge >= 0.3 is 0 Å². The third-order valence-corrected chi connectivity index (χ3v) is 3.64. The summed E-state index contributed by atoms with van der Waals surface area (Å²) in [6.45, 7) is 1.21. The number of benzene rings is 2. The first-order chi connectivity index (χ1) is 11.1. The quantitative estimate of drug-likeness (QED) is 0.831. The molecule has 1 amide bonds. The number of hydrogen-bond donors (Lipinski definition) is 1. The highest BCUT2D eigenvalue weighted by Crippen LogP contribution is 2.13. The van der Waals surface area contributed by atoms with E-state index in [9.17, 15) is 13.6 Å². The van der Waals surface area contributed by atoms with Crippen LogP contribution in [0.15, 0.2) is 48.5 Å². The minimum absolute atomic E-state index is 0. The summed E-state index contributed by atoms with van der Waals surface area (Å²) in [5.74, 6) is -2.16. The number of amides is 1. The van der Waals surface area contributed by atoms with Crippen molar-refractivity contribution >= 4 is 18.3 Å². The number of nitrogens with two attached hydrogens (primary N) is 1. The minimum Gasteiger partial charge on any atom is -0.341 e. The van der Waals surface area contributed by atoms with E-state index in [0.29, 0.717) is 26.1 Å². The molecular formula is C18H21ClF2N2O. The Bertz CT molecular complexity index is 653. The molecule has 6 heteroatoms. The van der Waals surface area contributed by atoms with Crippen LogP contribution in [0.4, 0.5) is 8.78 Å². The molecule has 0 heterocycles. The summed E-state index contributed by atoms with van der Waals surface area (Å²) in [7, 11) is 0. The molecule has 2 N–H and O–H groups in total. The Hall–Kier alpha value is -1.98. The highest BCUT2D eigenvalue weighted by Gasteiger charge is 2.17. The van der Waals surface area contributed by atoms with Crippen LogP contribution in [0.25, 0.3) is 0 Å². The average Bonchev–Trinajstić information content (AvgIpc) is 2.56. The SMILES string of the molecule is Cl.NCCN(CCc1ccccc1)C(=O)Cc1cccc(F)c1F. The predicted molar refractivity (Wildman–Crippen MR) is 93.1 cm³/mol. The Morgan fingerprint density at radius 3 is 2.38 bits per heavy atom. The third-order valence-electron chi connectivity index (χ3n) is 3.64. The molecule has 0 aromatic heterocycles. The summed E-state index contributed by atoms with van der Waals surface area (Å²) >= 11 is 0. The number of halogens is 3. The van der Waals surface area contributed by atoms with Gasteiger partial charge in [0.2, 0.25) is 5.91 Å². The smallest absolute Gasteiger partial charge is 0.227 e. The van der Waals surface area contributed by atoms with E-state index in [1.54, 1.807) is 4.90 Å². The second-order valence-electron chi connectivity index (χ2n) is 5.29. The van der Waals surface area contributed by atoms with E-state index in [0.717, 1.165) is 11.6 Å². The molecule has 0 saturated heterocycles. The van der Waals surface area contributed by atoms with Gasteiger partial charge in [0, 0.05) is 25.2 Å². The molecule has 3 nitrogen and oxygen atoms in total. The zero-order valence-electron chi connectivity index (χ0n) is 13.3. The summed E-state index contributed by atoms with van der Waals surface area (Å²) in [4.78, 5) is 14.0. The van der Waals surface area contributed by atoms with Gasteiger partial charge in [-0.2, -0.15) is 0 Å². The molecule has 0 bridgehead atoms. The molecule has 2 rings (SSSR count). The van der Waals surface area contributed by atoms with Crippen LogP contribution in [0, 0.1) is 11.6 Å². The predicted octanol–water partition coefficient (Wildman–Crippen LogP) is 2.96. The van der Waals surface area contributed by atoms with Crippen molar-refractivity contribution in [3.63, 3.8) is 0 Å². The van der Waals surface area contributed by atoms with Crippen LogP contribution >= 0.6 is 12.4 Å². The van der Waals surface area contributed by atoms with E-state index in [1.165, 1.54) is 12.1 Å². The van der Waals surface area contributed by atoms with Crippen LogP contribution < -0.4 is 5.73 Å². The van der Waals surface area contributed by atoms with E-state index in [1.807, 2.05) is 30.3 Å². The normalized spacial score (nSPS) is 10.1. The summed E-state index contributed by atoms with van der Waals surface area (Å²) < 4.78 is 26.9. The molecule has 0 unspecified atom stereocenters. The van der Waals surface area contributed by atoms with Gasteiger partial charge in [-0.3, -0.25) is 4.79 Å². The van der Waals surface area contributed by atoms with Gasteiger partial charge in [-0.15, -0.1) is 12.4 Å². The Balaban J connectivity index is 0.00000288. The maximum atomic E-state index is 13.7. The molecule has 130 valence electrons. The van der Waals surface area contributed by atoms with Gasteiger partial charge in [0.1, 0.15) is 0 Å². The largest absolute Gasteiger partial charge is 0.341 e. The Morgan fingerprint density at radius 2 is 1.71 bits per heavy atom.